The van der Waals surface area contributed by atoms with Crippen molar-refractivity contribution >= 4 is 11.8 Å². The zero-order valence-corrected chi connectivity index (χ0v) is 15.3. The van der Waals surface area contributed by atoms with Gasteiger partial charge in [0, 0.05) is 24.7 Å². The molecule has 0 spiro atoms. The Balaban J connectivity index is 1.62. The first-order valence-corrected chi connectivity index (χ1v) is 9.32. The summed E-state index contributed by atoms with van der Waals surface area (Å²) >= 11 is 0. The van der Waals surface area contributed by atoms with Crippen molar-refractivity contribution in [1.82, 2.24) is 15.1 Å². The van der Waals surface area contributed by atoms with Crippen LogP contribution in [0, 0.1) is 5.41 Å². The van der Waals surface area contributed by atoms with Crippen molar-refractivity contribution in [3.63, 3.8) is 0 Å². The van der Waals surface area contributed by atoms with Gasteiger partial charge in [-0.2, -0.15) is 0 Å². The second kappa shape index (κ2) is 7.56. The first kappa shape index (κ1) is 17.9. The van der Waals surface area contributed by atoms with Crippen LogP contribution in [0.4, 0.5) is 0 Å². The van der Waals surface area contributed by atoms with Crippen molar-refractivity contribution in [2.24, 2.45) is 5.41 Å². The Hall–Kier alpha value is -1.88. The number of amides is 2. The topological polar surface area (TPSA) is 52.7 Å². The minimum Gasteiger partial charge on any atom is -0.353 e. The zero-order valence-electron chi connectivity index (χ0n) is 15.3. The summed E-state index contributed by atoms with van der Waals surface area (Å²) in [6.07, 6.45) is 3.72. The second-order valence-electron chi connectivity index (χ2n) is 7.81. The van der Waals surface area contributed by atoms with Gasteiger partial charge in [0.05, 0.1) is 5.41 Å². The fourth-order valence-electron chi connectivity index (χ4n) is 3.87. The standard InChI is InChI=1S/C20H29N3O2/c1-20(19(25)21-17-9-13-22(2)14-10-17)11-6-12-23(15-20)18(24)16-7-4-3-5-8-16/h3-5,7-8,17H,6,9-15H2,1-2H3,(H,21,25)/t20-/m1/s1. The minimum atomic E-state index is -0.494. The molecule has 0 aliphatic carbocycles. The number of carbonyl (C=O) groups excluding carboxylic acids is 2. The third-order valence-electron chi connectivity index (χ3n) is 5.61. The van der Waals surface area contributed by atoms with E-state index in [0.717, 1.165) is 45.3 Å². The molecule has 2 amide bonds. The Morgan fingerprint density at radius 2 is 1.80 bits per heavy atom. The Labute approximate surface area is 150 Å². The van der Waals surface area contributed by atoms with Gasteiger partial charge in [0.25, 0.3) is 5.91 Å². The molecule has 2 fully saturated rings. The second-order valence-corrected chi connectivity index (χ2v) is 7.81. The molecule has 0 radical (unpaired) electrons. The number of nitrogens with zero attached hydrogens (tertiary/aromatic N) is 2. The van der Waals surface area contributed by atoms with Crippen LogP contribution in [0.1, 0.15) is 43.0 Å². The maximum atomic E-state index is 12.9. The molecule has 1 aromatic carbocycles. The lowest BCUT2D eigenvalue weighted by Gasteiger charge is -2.40. The SMILES string of the molecule is CN1CCC(NC(=O)[C@]2(C)CCCN(C(=O)c3ccccc3)C2)CC1. The predicted molar refractivity (Wildman–Crippen MR) is 98.3 cm³/mol. The number of piperidine rings is 2. The largest absolute Gasteiger partial charge is 0.353 e. The van der Waals surface area contributed by atoms with Crippen molar-refractivity contribution in [3.05, 3.63) is 35.9 Å². The van der Waals surface area contributed by atoms with Crippen LogP contribution >= 0.6 is 0 Å². The molecule has 0 saturated carbocycles. The van der Waals surface area contributed by atoms with Gasteiger partial charge in [0.15, 0.2) is 0 Å². The van der Waals surface area contributed by atoms with Crippen molar-refractivity contribution in [3.8, 4) is 0 Å². The van der Waals surface area contributed by atoms with Gasteiger partial charge in [0.2, 0.25) is 5.91 Å². The summed E-state index contributed by atoms with van der Waals surface area (Å²) < 4.78 is 0. The van der Waals surface area contributed by atoms with E-state index in [1.54, 1.807) is 0 Å². The average Bonchev–Trinajstić information content (AvgIpc) is 2.63. The lowest BCUT2D eigenvalue weighted by atomic mass is 9.80. The molecule has 0 bridgehead atoms. The smallest absolute Gasteiger partial charge is 0.253 e. The summed E-state index contributed by atoms with van der Waals surface area (Å²) in [6.45, 7) is 5.28. The van der Waals surface area contributed by atoms with E-state index in [4.69, 9.17) is 0 Å². The summed E-state index contributed by atoms with van der Waals surface area (Å²) in [7, 11) is 2.12. The van der Waals surface area contributed by atoms with E-state index in [2.05, 4.69) is 17.3 Å². The fourth-order valence-corrected chi connectivity index (χ4v) is 3.87. The van der Waals surface area contributed by atoms with Crippen LogP contribution in [-0.4, -0.2) is 60.9 Å². The van der Waals surface area contributed by atoms with E-state index >= 15 is 0 Å². The molecule has 25 heavy (non-hydrogen) atoms. The molecule has 1 atom stereocenters. The van der Waals surface area contributed by atoms with Crippen LogP contribution < -0.4 is 5.32 Å². The van der Waals surface area contributed by atoms with Gasteiger partial charge in [-0.3, -0.25) is 9.59 Å². The van der Waals surface area contributed by atoms with Crippen LogP contribution in [0.25, 0.3) is 0 Å². The molecule has 136 valence electrons. The van der Waals surface area contributed by atoms with Crippen molar-refractivity contribution < 1.29 is 9.59 Å². The number of nitrogens with one attached hydrogen (secondary N) is 1. The molecule has 2 aliphatic rings. The first-order chi connectivity index (χ1) is 12.0. The van der Waals surface area contributed by atoms with Crippen LogP contribution in [-0.2, 0) is 4.79 Å². The van der Waals surface area contributed by atoms with Crippen LogP contribution in [0.2, 0.25) is 0 Å². The maximum Gasteiger partial charge on any atom is 0.253 e. The molecular formula is C20H29N3O2. The Bertz CT molecular complexity index is 611. The Morgan fingerprint density at radius 1 is 1.12 bits per heavy atom. The van der Waals surface area contributed by atoms with Crippen LogP contribution in [0.5, 0.6) is 0 Å². The molecule has 2 saturated heterocycles. The predicted octanol–water partition coefficient (Wildman–Crippen LogP) is 2.14. The van der Waals surface area contributed by atoms with E-state index < -0.39 is 5.41 Å². The lowest BCUT2D eigenvalue weighted by molar-refractivity contribution is -0.133. The molecule has 1 aromatic rings. The molecular weight excluding hydrogens is 314 g/mol. The third kappa shape index (κ3) is 4.21. The molecule has 3 rings (SSSR count). The lowest BCUT2D eigenvalue weighted by Crippen LogP contribution is -2.54. The summed E-state index contributed by atoms with van der Waals surface area (Å²) in [5, 5.41) is 3.25. The van der Waals surface area contributed by atoms with Crippen molar-refractivity contribution in [1.29, 1.82) is 0 Å². The van der Waals surface area contributed by atoms with Gasteiger partial charge < -0.3 is 15.1 Å². The molecule has 1 N–H and O–H groups in total. The molecule has 2 heterocycles. The van der Waals surface area contributed by atoms with E-state index in [1.807, 2.05) is 42.2 Å². The Morgan fingerprint density at radius 3 is 2.48 bits per heavy atom. The molecule has 5 nitrogen and oxygen atoms in total. The Kier molecular flexibility index (Phi) is 5.42. The fraction of sp³-hybridized carbons (Fsp3) is 0.600. The summed E-state index contributed by atoms with van der Waals surface area (Å²) in [6, 6.07) is 9.61. The van der Waals surface area contributed by atoms with Crippen LogP contribution in [0.3, 0.4) is 0 Å². The number of benzene rings is 1. The normalized spacial score (nSPS) is 25.6. The maximum absolute atomic E-state index is 12.9. The minimum absolute atomic E-state index is 0.0265. The van der Waals surface area contributed by atoms with Gasteiger partial charge in [-0.15, -0.1) is 0 Å². The zero-order chi connectivity index (χ0) is 17.9. The molecule has 2 aliphatic heterocycles. The van der Waals surface area contributed by atoms with E-state index in [-0.39, 0.29) is 17.9 Å². The number of likely N-dealkylation sites (tertiary alicyclic amines) is 2. The molecule has 0 unspecified atom stereocenters. The highest BCUT2D eigenvalue weighted by molar-refractivity contribution is 5.95. The monoisotopic (exact) mass is 343 g/mol. The highest BCUT2D eigenvalue weighted by atomic mass is 16.2. The highest BCUT2D eigenvalue weighted by Crippen LogP contribution is 2.31. The number of carbonyl (C=O) groups is 2. The number of hydrogen-bond acceptors (Lipinski definition) is 3. The summed E-state index contributed by atoms with van der Waals surface area (Å²) in [5.41, 5.74) is 0.203. The number of hydrogen-bond donors (Lipinski definition) is 1. The van der Waals surface area contributed by atoms with Gasteiger partial charge in [0.1, 0.15) is 0 Å². The highest BCUT2D eigenvalue weighted by Gasteiger charge is 2.40. The van der Waals surface area contributed by atoms with Crippen molar-refractivity contribution in [2.45, 2.75) is 38.6 Å². The molecule has 5 heteroatoms. The van der Waals surface area contributed by atoms with E-state index in [9.17, 15) is 9.59 Å². The van der Waals surface area contributed by atoms with Gasteiger partial charge in [-0.05, 0) is 64.9 Å². The van der Waals surface area contributed by atoms with Gasteiger partial charge in [-0.1, -0.05) is 18.2 Å². The molecule has 0 aromatic heterocycles. The first-order valence-electron chi connectivity index (χ1n) is 9.32. The van der Waals surface area contributed by atoms with Gasteiger partial charge >= 0.3 is 0 Å². The summed E-state index contributed by atoms with van der Waals surface area (Å²) in [5.74, 6) is 0.131. The summed E-state index contributed by atoms with van der Waals surface area (Å²) in [4.78, 5) is 29.8. The quantitative estimate of drug-likeness (QED) is 0.915. The number of rotatable bonds is 3. The average molecular weight is 343 g/mol. The van der Waals surface area contributed by atoms with Crippen molar-refractivity contribution in [2.75, 3.05) is 33.2 Å². The van der Waals surface area contributed by atoms with Gasteiger partial charge in [-0.25, -0.2) is 0 Å². The third-order valence-corrected chi connectivity index (χ3v) is 5.61. The van der Waals surface area contributed by atoms with E-state index in [1.165, 1.54) is 0 Å². The van der Waals surface area contributed by atoms with Crippen LogP contribution in [0.15, 0.2) is 30.3 Å². The van der Waals surface area contributed by atoms with E-state index in [0.29, 0.717) is 12.1 Å².